The van der Waals surface area contributed by atoms with E-state index >= 15 is 0 Å². The van der Waals surface area contributed by atoms with Gasteiger partial charge in [-0.2, -0.15) is 13.2 Å². The molecule has 244 valence electrons. The van der Waals surface area contributed by atoms with E-state index in [-0.39, 0.29) is 23.6 Å². The van der Waals surface area contributed by atoms with Crippen LogP contribution in [-0.4, -0.2) is 50.1 Å². The van der Waals surface area contributed by atoms with Gasteiger partial charge in [0.25, 0.3) is 5.91 Å². The van der Waals surface area contributed by atoms with Crippen LogP contribution in [0.15, 0.2) is 29.2 Å². The number of ether oxygens (including phenoxy) is 1. The lowest BCUT2D eigenvalue weighted by Gasteiger charge is -2.34. The lowest BCUT2D eigenvalue weighted by Crippen LogP contribution is -2.49. The number of nitrogens with zero attached hydrogens (tertiary/aromatic N) is 1. The Morgan fingerprint density at radius 2 is 1.70 bits per heavy atom. The standard InChI is InChI=1S/C31H43F3N4O5S/c1-20-23(27(39)36-19-30(28(35)40)12-14-43-15-13-30)17-25(38(20)18-21-8-6-5-7-9-21)22-10-11-26(24(16-22)31(32,33)34)44(41,42)37-29(2,3)4/h10-11,16-17,21,37H,5-9,12-15,18-19H2,1-4H3,(H2,35,40)(H,36,39). The van der Waals surface area contributed by atoms with E-state index in [1.54, 1.807) is 33.8 Å². The van der Waals surface area contributed by atoms with E-state index in [0.29, 0.717) is 44.0 Å². The highest BCUT2D eigenvalue weighted by Crippen LogP contribution is 2.39. The van der Waals surface area contributed by atoms with Crippen molar-refractivity contribution in [3.63, 3.8) is 0 Å². The summed E-state index contributed by atoms with van der Waals surface area (Å²) in [5.74, 6) is -0.713. The number of nitrogens with one attached hydrogen (secondary N) is 2. The first-order valence-electron chi connectivity index (χ1n) is 15.1. The van der Waals surface area contributed by atoms with E-state index in [4.69, 9.17) is 10.5 Å². The van der Waals surface area contributed by atoms with Crippen LogP contribution in [0.25, 0.3) is 11.3 Å². The summed E-state index contributed by atoms with van der Waals surface area (Å²) in [6.07, 6.45) is 0.944. The van der Waals surface area contributed by atoms with Crippen molar-refractivity contribution in [3.05, 3.63) is 41.1 Å². The second kappa shape index (κ2) is 12.8. The molecular weight excluding hydrogens is 597 g/mol. The van der Waals surface area contributed by atoms with Crippen molar-refractivity contribution in [1.82, 2.24) is 14.6 Å². The van der Waals surface area contributed by atoms with Gasteiger partial charge in [0, 0.05) is 43.2 Å². The van der Waals surface area contributed by atoms with E-state index in [0.717, 1.165) is 44.2 Å². The SMILES string of the molecule is Cc1c(C(=O)NCC2(C(N)=O)CCOCC2)cc(-c2ccc(S(=O)(=O)NC(C)(C)C)c(C(F)(F)F)c2)n1CC1CCCCC1. The zero-order chi connectivity index (χ0) is 32.5. The van der Waals surface area contributed by atoms with Gasteiger partial charge in [-0.25, -0.2) is 13.1 Å². The Morgan fingerprint density at radius 3 is 2.27 bits per heavy atom. The number of carbonyl (C=O) groups excluding carboxylic acids is 2. The Morgan fingerprint density at radius 1 is 1.07 bits per heavy atom. The Kier molecular flexibility index (Phi) is 9.92. The number of halogens is 3. The summed E-state index contributed by atoms with van der Waals surface area (Å²) in [5.41, 5.74) is 3.84. The molecule has 0 radical (unpaired) electrons. The van der Waals surface area contributed by atoms with Crippen molar-refractivity contribution < 1.29 is 35.9 Å². The third kappa shape index (κ3) is 7.66. The van der Waals surface area contributed by atoms with Crippen LogP contribution in [0.4, 0.5) is 13.2 Å². The van der Waals surface area contributed by atoms with Gasteiger partial charge in [0.15, 0.2) is 0 Å². The molecule has 2 amide bonds. The molecule has 1 aromatic heterocycles. The molecule has 2 heterocycles. The minimum Gasteiger partial charge on any atom is -0.381 e. The first-order valence-corrected chi connectivity index (χ1v) is 16.5. The number of hydrogen-bond donors (Lipinski definition) is 3. The minimum absolute atomic E-state index is 0.0126. The van der Waals surface area contributed by atoms with E-state index in [2.05, 4.69) is 10.0 Å². The van der Waals surface area contributed by atoms with Gasteiger partial charge in [-0.05, 0) is 83.1 Å². The normalized spacial score (nSPS) is 18.2. The third-order valence-electron chi connectivity index (χ3n) is 8.65. The summed E-state index contributed by atoms with van der Waals surface area (Å²) in [7, 11) is -4.50. The predicted molar refractivity (Wildman–Crippen MR) is 160 cm³/mol. The molecule has 1 aliphatic heterocycles. The number of alkyl halides is 3. The van der Waals surface area contributed by atoms with E-state index in [1.807, 2.05) is 4.57 Å². The Bertz CT molecular complexity index is 1480. The fourth-order valence-electron chi connectivity index (χ4n) is 6.20. The molecule has 0 bridgehead atoms. The predicted octanol–water partition coefficient (Wildman–Crippen LogP) is 5.15. The monoisotopic (exact) mass is 640 g/mol. The summed E-state index contributed by atoms with van der Waals surface area (Å²) in [6, 6.07) is 4.71. The van der Waals surface area contributed by atoms with Gasteiger partial charge in [-0.1, -0.05) is 25.3 Å². The van der Waals surface area contributed by atoms with Crippen molar-refractivity contribution in [2.45, 2.75) is 95.8 Å². The second-order valence-electron chi connectivity index (χ2n) is 13.1. The van der Waals surface area contributed by atoms with Crippen LogP contribution in [0.1, 0.15) is 87.3 Å². The van der Waals surface area contributed by atoms with Crippen molar-refractivity contribution in [1.29, 1.82) is 0 Å². The highest BCUT2D eigenvalue weighted by Gasteiger charge is 2.40. The van der Waals surface area contributed by atoms with Crippen LogP contribution in [0, 0.1) is 18.3 Å². The fraction of sp³-hybridized carbons (Fsp3) is 0.613. The molecule has 9 nitrogen and oxygen atoms in total. The maximum atomic E-state index is 14.4. The van der Waals surface area contributed by atoms with Gasteiger partial charge in [0.05, 0.1) is 21.4 Å². The van der Waals surface area contributed by atoms with Crippen molar-refractivity contribution >= 4 is 21.8 Å². The third-order valence-corrected chi connectivity index (χ3v) is 10.5. The molecule has 0 atom stereocenters. The van der Waals surface area contributed by atoms with Gasteiger partial charge < -0.3 is 20.4 Å². The van der Waals surface area contributed by atoms with Crippen LogP contribution in [0.3, 0.4) is 0 Å². The van der Waals surface area contributed by atoms with Crippen molar-refractivity contribution in [2.75, 3.05) is 19.8 Å². The van der Waals surface area contributed by atoms with E-state index in [1.165, 1.54) is 6.07 Å². The number of sulfonamides is 1. The maximum absolute atomic E-state index is 14.4. The van der Waals surface area contributed by atoms with Gasteiger partial charge in [-0.3, -0.25) is 9.59 Å². The number of rotatable bonds is 9. The maximum Gasteiger partial charge on any atom is 0.417 e. The average molecular weight is 641 g/mol. The summed E-state index contributed by atoms with van der Waals surface area (Å²) in [5, 5.41) is 2.84. The van der Waals surface area contributed by atoms with Gasteiger partial charge in [-0.15, -0.1) is 0 Å². The molecular formula is C31H43F3N4O5S. The molecule has 1 saturated carbocycles. The lowest BCUT2D eigenvalue weighted by atomic mass is 9.79. The zero-order valence-corrected chi connectivity index (χ0v) is 26.6. The molecule has 0 spiro atoms. The second-order valence-corrected chi connectivity index (χ2v) is 14.8. The largest absolute Gasteiger partial charge is 0.417 e. The molecule has 0 unspecified atom stereocenters. The van der Waals surface area contributed by atoms with Crippen LogP contribution in [0.2, 0.25) is 0 Å². The Balaban J connectivity index is 1.77. The first kappa shape index (κ1) is 34.0. The summed E-state index contributed by atoms with van der Waals surface area (Å²) in [6.45, 7) is 7.60. The van der Waals surface area contributed by atoms with Crippen molar-refractivity contribution in [3.8, 4) is 11.3 Å². The van der Waals surface area contributed by atoms with E-state index < -0.39 is 49.4 Å². The number of hydrogen-bond acceptors (Lipinski definition) is 5. The van der Waals surface area contributed by atoms with Crippen LogP contribution < -0.4 is 15.8 Å². The average Bonchev–Trinajstić information content (AvgIpc) is 3.26. The van der Waals surface area contributed by atoms with Gasteiger partial charge >= 0.3 is 6.18 Å². The van der Waals surface area contributed by atoms with Crippen LogP contribution >= 0.6 is 0 Å². The molecule has 1 aromatic carbocycles. The minimum atomic E-state index is -4.96. The molecule has 4 rings (SSSR count). The number of nitrogens with two attached hydrogens (primary N) is 1. The lowest BCUT2D eigenvalue weighted by molar-refractivity contribution is -0.139. The summed E-state index contributed by atoms with van der Waals surface area (Å²) < 4.78 is 78.6. The van der Waals surface area contributed by atoms with Crippen molar-refractivity contribution in [2.24, 2.45) is 17.1 Å². The van der Waals surface area contributed by atoms with Crippen LogP contribution in [-0.2, 0) is 32.3 Å². The summed E-state index contributed by atoms with van der Waals surface area (Å²) in [4.78, 5) is 25.0. The number of amides is 2. The number of aromatic nitrogens is 1. The molecule has 2 fully saturated rings. The molecule has 44 heavy (non-hydrogen) atoms. The molecule has 2 aromatic rings. The Hall–Kier alpha value is -2.90. The number of carbonyl (C=O) groups is 2. The molecule has 1 saturated heterocycles. The fourth-order valence-corrected chi connectivity index (χ4v) is 7.83. The summed E-state index contributed by atoms with van der Waals surface area (Å²) >= 11 is 0. The highest BCUT2D eigenvalue weighted by atomic mass is 32.2. The number of benzene rings is 1. The van der Waals surface area contributed by atoms with Gasteiger partial charge in [0.1, 0.15) is 0 Å². The Labute approximate surface area is 257 Å². The number of primary amides is 1. The van der Waals surface area contributed by atoms with Gasteiger partial charge in [0.2, 0.25) is 15.9 Å². The van der Waals surface area contributed by atoms with E-state index in [9.17, 15) is 31.2 Å². The smallest absolute Gasteiger partial charge is 0.381 e. The molecule has 2 aliphatic rings. The zero-order valence-electron chi connectivity index (χ0n) is 25.8. The van der Waals surface area contributed by atoms with Crippen LogP contribution in [0.5, 0.6) is 0 Å². The topological polar surface area (TPSA) is 133 Å². The molecule has 13 heteroatoms. The molecule has 1 aliphatic carbocycles. The highest BCUT2D eigenvalue weighted by molar-refractivity contribution is 7.89. The molecule has 4 N–H and O–H groups in total. The quantitative estimate of drug-likeness (QED) is 0.349. The first-order chi connectivity index (χ1) is 20.4.